The Hall–Kier alpha value is -4.20. The highest BCUT2D eigenvalue weighted by molar-refractivity contribution is 5.73. The van der Waals surface area contributed by atoms with Crippen molar-refractivity contribution in [2.45, 2.75) is 71.7 Å². The molecule has 2 atom stereocenters. The molecule has 1 unspecified atom stereocenters. The summed E-state index contributed by atoms with van der Waals surface area (Å²) in [6, 6.07) is 18.3. The van der Waals surface area contributed by atoms with Crippen molar-refractivity contribution < 1.29 is 33.3 Å². The van der Waals surface area contributed by atoms with Gasteiger partial charge in [-0.3, -0.25) is 4.79 Å². The maximum atomic E-state index is 12.4. The van der Waals surface area contributed by atoms with Gasteiger partial charge in [-0.1, -0.05) is 24.3 Å². The lowest BCUT2D eigenvalue weighted by molar-refractivity contribution is -0.141. The van der Waals surface area contributed by atoms with Gasteiger partial charge in [-0.05, 0) is 86.7 Å². The molecule has 0 spiro atoms. The van der Waals surface area contributed by atoms with Crippen LogP contribution in [0, 0.1) is 13.8 Å². The summed E-state index contributed by atoms with van der Waals surface area (Å²) < 4.78 is 28.6. The van der Waals surface area contributed by atoms with Crippen molar-refractivity contribution in [3.63, 3.8) is 0 Å². The largest absolute Gasteiger partial charge is 0.492 e. The number of carbonyl (C=O) groups excluding carboxylic acids is 2. The number of nitrogens with zero attached hydrogens (tertiary/aromatic N) is 1. The first kappa shape index (κ1) is 30.3. The van der Waals surface area contributed by atoms with Crippen LogP contribution in [0.1, 0.15) is 61.8 Å². The molecular formula is C35H41NO7. The summed E-state index contributed by atoms with van der Waals surface area (Å²) in [5, 5.41) is 0. The number of amides is 1. The predicted molar refractivity (Wildman–Crippen MR) is 164 cm³/mol. The second-order valence-corrected chi connectivity index (χ2v) is 12.4. The van der Waals surface area contributed by atoms with E-state index in [4.69, 9.17) is 23.7 Å². The van der Waals surface area contributed by atoms with Crippen LogP contribution in [0.2, 0.25) is 0 Å². The molecule has 43 heavy (non-hydrogen) atoms. The minimum atomic E-state index is -0.516. The third-order valence-electron chi connectivity index (χ3n) is 7.73. The Morgan fingerprint density at radius 1 is 1.00 bits per heavy atom. The first-order valence-electron chi connectivity index (χ1n) is 14.8. The molecule has 228 valence electrons. The summed E-state index contributed by atoms with van der Waals surface area (Å²) in [5.74, 6) is 2.04. The SMILES string of the molecule is COC(=O)C[C@@H]1COc2cc(OCc3cccc(-c4c(C)cc(OC5CCN(C(=O)OC(C)(C)C)C5)cc4C)c3)ccc21. The molecule has 2 aliphatic rings. The van der Waals surface area contributed by atoms with E-state index in [1.54, 1.807) is 4.90 Å². The maximum absolute atomic E-state index is 12.4. The van der Waals surface area contributed by atoms with Gasteiger partial charge in [0.2, 0.25) is 0 Å². The first-order chi connectivity index (χ1) is 20.5. The van der Waals surface area contributed by atoms with E-state index in [-0.39, 0.29) is 24.1 Å². The fourth-order valence-electron chi connectivity index (χ4n) is 5.74. The average molecular weight is 588 g/mol. The second-order valence-electron chi connectivity index (χ2n) is 12.4. The van der Waals surface area contributed by atoms with Crippen molar-refractivity contribution in [2.75, 3.05) is 26.8 Å². The number of hydrogen-bond donors (Lipinski definition) is 0. The number of aryl methyl sites for hydroxylation is 2. The van der Waals surface area contributed by atoms with E-state index in [1.165, 1.54) is 12.7 Å². The van der Waals surface area contributed by atoms with Gasteiger partial charge in [-0.2, -0.15) is 0 Å². The zero-order valence-electron chi connectivity index (χ0n) is 25.9. The number of esters is 1. The molecule has 1 fully saturated rings. The molecule has 1 amide bonds. The molecule has 3 aromatic carbocycles. The van der Waals surface area contributed by atoms with Crippen LogP contribution in [0.25, 0.3) is 11.1 Å². The molecule has 3 aromatic rings. The van der Waals surface area contributed by atoms with Crippen molar-refractivity contribution in [2.24, 2.45) is 0 Å². The Kier molecular flexibility index (Phi) is 8.85. The summed E-state index contributed by atoms with van der Waals surface area (Å²) in [4.78, 5) is 25.9. The molecule has 2 aliphatic heterocycles. The molecule has 0 aliphatic carbocycles. The summed E-state index contributed by atoms with van der Waals surface area (Å²) in [6.07, 6.45) is 0.710. The predicted octanol–water partition coefficient (Wildman–Crippen LogP) is 6.98. The lowest BCUT2D eigenvalue weighted by Gasteiger charge is -2.24. The van der Waals surface area contributed by atoms with E-state index < -0.39 is 5.60 Å². The van der Waals surface area contributed by atoms with Crippen molar-refractivity contribution in [1.29, 1.82) is 0 Å². The van der Waals surface area contributed by atoms with Gasteiger partial charge < -0.3 is 28.6 Å². The van der Waals surface area contributed by atoms with Gasteiger partial charge in [0.1, 0.15) is 35.6 Å². The Morgan fingerprint density at radius 3 is 2.49 bits per heavy atom. The van der Waals surface area contributed by atoms with Crippen molar-refractivity contribution in [3.05, 3.63) is 76.9 Å². The molecule has 0 saturated carbocycles. The second kappa shape index (κ2) is 12.6. The number of methoxy groups -OCH3 is 1. The molecule has 0 aromatic heterocycles. The van der Waals surface area contributed by atoms with Gasteiger partial charge in [0.25, 0.3) is 0 Å². The van der Waals surface area contributed by atoms with Crippen LogP contribution < -0.4 is 14.2 Å². The number of benzene rings is 3. The van der Waals surface area contributed by atoms with Crippen LogP contribution in [0.15, 0.2) is 54.6 Å². The Balaban J connectivity index is 1.21. The topological polar surface area (TPSA) is 83.5 Å². The standard InChI is InChI=1S/C35H41NO7/c1-22-14-29(42-28-12-13-36(19-28)34(38)43-35(3,4)5)15-23(2)33(22)25-9-7-8-24(16-25)20-40-27-10-11-30-26(17-32(37)39-6)21-41-31(30)18-27/h7-11,14-16,18,26,28H,12-13,17,19-21H2,1-6H3/t26-,28?/m1/s1. The van der Waals surface area contributed by atoms with Gasteiger partial charge in [0, 0.05) is 30.5 Å². The van der Waals surface area contributed by atoms with Crippen molar-refractivity contribution >= 4 is 12.1 Å². The van der Waals surface area contributed by atoms with Crippen LogP contribution in [-0.2, 0) is 20.9 Å². The van der Waals surface area contributed by atoms with E-state index in [9.17, 15) is 9.59 Å². The third-order valence-corrected chi connectivity index (χ3v) is 7.73. The lowest BCUT2D eigenvalue weighted by atomic mass is 9.94. The average Bonchev–Trinajstić information content (AvgIpc) is 3.58. The Labute approximate surface area is 253 Å². The summed E-state index contributed by atoms with van der Waals surface area (Å²) in [6.45, 7) is 11.8. The van der Waals surface area contributed by atoms with Gasteiger partial charge in [0.05, 0.1) is 26.7 Å². The number of fused-ring (bicyclic) bond motifs is 1. The molecule has 8 nitrogen and oxygen atoms in total. The number of hydrogen-bond acceptors (Lipinski definition) is 7. The molecule has 8 heteroatoms. The van der Waals surface area contributed by atoms with Crippen molar-refractivity contribution in [3.8, 4) is 28.4 Å². The zero-order chi connectivity index (χ0) is 30.7. The normalized spacial score (nSPS) is 17.7. The Morgan fingerprint density at radius 2 is 1.77 bits per heavy atom. The van der Waals surface area contributed by atoms with Crippen LogP contribution in [0.5, 0.6) is 17.2 Å². The summed E-state index contributed by atoms with van der Waals surface area (Å²) >= 11 is 0. The van der Waals surface area contributed by atoms with Crippen LogP contribution >= 0.6 is 0 Å². The maximum Gasteiger partial charge on any atom is 0.410 e. The number of ether oxygens (including phenoxy) is 5. The summed E-state index contributed by atoms with van der Waals surface area (Å²) in [7, 11) is 1.40. The smallest absolute Gasteiger partial charge is 0.410 e. The fourth-order valence-corrected chi connectivity index (χ4v) is 5.74. The zero-order valence-corrected chi connectivity index (χ0v) is 25.9. The molecule has 0 N–H and O–H groups in total. The highest BCUT2D eigenvalue weighted by Crippen LogP contribution is 2.39. The fraction of sp³-hybridized carbons (Fsp3) is 0.429. The molecule has 0 radical (unpaired) electrons. The Bertz CT molecular complexity index is 1470. The lowest BCUT2D eigenvalue weighted by Crippen LogP contribution is -2.36. The minimum Gasteiger partial charge on any atom is -0.492 e. The number of likely N-dealkylation sites (tertiary alicyclic amines) is 1. The quantitative estimate of drug-likeness (QED) is 0.263. The molecule has 1 saturated heterocycles. The monoisotopic (exact) mass is 587 g/mol. The van der Waals surface area contributed by atoms with E-state index in [0.29, 0.717) is 38.5 Å². The van der Waals surface area contributed by atoms with Crippen LogP contribution in [0.4, 0.5) is 4.79 Å². The van der Waals surface area contributed by atoms with Crippen molar-refractivity contribution in [1.82, 2.24) is 4.90 Å². The molecule has 5 rings (SSSR count). The van der Waals surface area contributed by atoms with E-state index in [0.717, 1.165) is 45.7 Å². The number of rotatable bonds is 8. The first-order valence-corrected chi connectivity index (χ1v) is 14.8. The van der Waals surface area contributed by atoms with Crippen LogP contribution in [0.3, 0.4) is 0 Å². The molecule has 2 heterocycles. The molecular weight excluding hydrogens is 546 g/mol. The van der Waals surface area contributed by atoms with Gasteiger partial charge in [0.15, 0.2) is 0 Å². The third kappa shape index (κ3) is 7.42. The highest BCUT2D eigenvalue weighted by atomic mass is 16.6. The van der Waals surface area contributed by atoms with Gasteiger partial charge in [-0.25, -0.2) is 4.79 Å². The van der Waals surface area contributed by atoms with E-state index in [1.807, 2.05) is 45.0 Å². The minimum absolute atomic E-state index is 0.00143. The van der Waals surface area contributed by atoms with Gasteiger partial charge in [-0.15, -0.1) is 0 Å². The molecule has 0 bridgehead atoms. The van der Waals surface area contributed by atoms with Crippen LogP contribution in [-0.4, -0.2) is 55.5 Å². The van der Waals surface area contributed by atoms with E-state index in [2.05, 4.69) is 44.2 Å². The summed E-state index contributed by atoms with van der Waals surface area (Å²) in [5.41, 5.74) is 6.06. The highest BCUT2D eigenvalue weighted by Gasteiger charge is 2.31. The van der Waals surface area contributed by atoms with Gasteiger partial charge >= 0.3 is 12.1 Å². The van der Waals surface area contributed by atoms with E-state index >= 15 is 0 Å². The number of carbonyl (C=O) groups is 2.